The Morgan fingerprint density at radius 2 is 1.67 bits per heavy atom. The third-order valence-electron chi connectivity index (χ3n) is 2.58. The minimum atomic E-state index is -0.333. The lowest BCUT2D eigenvalue weighted by Gasteiger charge is -1.96. The molecule has 0 saturated heterocycles. The predicted octanol–water partition coefficient (Wildman–Crippen LogP) is 3.21. The Kier molecular flexibility index (Phi) is 5.12. The van der Waals surface area contributed by atoms with E-state index in [9.17, 15) is 4.79 Å². The van der Waals surface area contributed by atoms with Gasteiger partial charge < -0.3 is 5.11 Å². The lowest BCUT2D eigenvalue weighted by Crippen LogP contribution is -2.14. The fourth-order valence-electron chi connectivity index (χ4n) is 1.51. The molecule has 0 aliphatic rings. The van der Waals surface area contributed by atoms with Gasteiger partial charge in [-0.2, -0.15) is 5.10 Å². The van der Waals surface area contributed by atoms with Crippen molar-refractivity contribution in [3.8, 4) is 5.75 Å². The summed E-state index contributed by atoms with van der Waals surface area (Å²) in [5, 5.41) is 13.6. The van der Waals surface area contributed by atoms with Crippen molar-refractivity contribution >= 4 is 29.8 Å². The van der Waals surface area contributed by atoms with E-state index in [4.69, 9.17) is 16.7 Å². The summed E-state index contributed by atoms with van der Waals surface area (Å²) in [5.74, 6) is -0.151. The third-order valence-corrected chi connectivity index (χ3v) is 2.83. The van der Waals surface area contributed by atoms with Crippen molar-refractivity contribution < 1.29 is 9.90 Å². The molecule has 0 heterocycles. The number of aromatic hydroxyl groups is 1. The van der Waals surface area contributed by atoms with E-state index in [1.54, 1.807) is 42.5 Å². The average molecular weight is 301 g/mol. The number of carbonyl (C=O) groups is 1. The molecule has 5 heteroatoms. The minimum absolute atomic E-state index is 0.182. The molecule has 2 aromatic rings. The Hall–Kier alpha value is -2.59. The number of hydrogen-bond acceptors (Lipinski definition) is 3. The summed E-state index contributed by atoms with van der Waals surface area (Å²) in [6.07, 6.45) is 4.55. The van der Waals surface area contributed by atoms with E-state index in [0.29, 0.717) is 5.02 Å². The number of phenolic OH excluding ortho intramolecular Hbond substituents is 1. The van der Waals surface area contributed by atoms with Crippen LogP contribution in [-0.2, 0) is 4.79 Å². The van der Waals surface area contributed by atoms with E-state index in [1.807, 2.05) is 12.1 Å². The van der Waals surface area contributed by atoms with Crippen molar-refractivity contribution in [1.82, 2.24) is 5.43 Å². The van der Waals surface area contributed by atoms with Crippen LogP contribution >= 0.6 is 11.6 Å². The smallest absolute Gasteiger partial charge is 0.264 e. The summed E-state index contributed by atoms with van der Waals surface area (Å²) in [4.78, 5) is 11.5. The monoisotopic (exact) mass is 300 g/mol. The zero-order chi connectivity index (χ0) is 15.1. The van der Waals surface area contributed by atoms with Gasteiger partial charge in [0, 0.05) is 11.1 Å². The highest BCUT2D eigenvalue weighted by molar-refractivity contribution is 6.30. The predicted molar refractivity (Wildman–Crippen MR) is 84.3 cm³/mol. The van der Waals surface area contributed by atoms with Crippen LogP contribution < -0.4 is 5.43 Å². The Morgan fingerprint density at radius 1 is 1.05 bits per heavy atom. The van der Waals surface area contributed by atoms with Crippen molar-refractivity contribution in [2.75, 3.05) is 0 Å². The highest BCUT2D eigenvalue weighted by Crippen LogP contribution is 2.10. The molecular formula is C16H13ClN2O2. The van der Waals surface area contributed by atoms with Crippen molar-refractivity contribution in [2.45, 2.75) is 0 Å². The molecule has 0 spiro atoms. The fourth-order valence-corrected chi connectivity index (χ4v) is 1.64. The van der Waals surface area contributed by atoms with Gasteiger partial charge in [-0.15, -0.1) is 0 Å². The topological polar surface area (TPSA) is 61.7 Å². The van der Waals surface area contributed by atoms with Gasteiger partial charge in [-0.25, -0.2) is 5.43 Å². The summed E-state index contributed by atoms with van der Waals surface area (Å²) in [6, 6.07) is 13.6. The second-order valence-electron chi connectivity index (χ2n) is 4.21. The molecule has 0 aliphatic heterocycles. The number of halogens is 1. The van der Waals surface area contributed by atoms with E-state index in [1.165, 1.54) is 12.3 Å². The minimum Gasteiger partial charge on any atom is -0.508 e. The third kappa shape index (κ3) is 5.12. The summed E-state index contributed by atoms with van der Waals surface area (Å²) in [5.41, 5.74) is 4.03. The first-order valence-corrected chi connectivity index (χ1v) is 6.57. The van der Waals surface area contributed by atoms with Crippen LogP contribution in [0.15, 0.2) is 59.7 Å². The molecule has 0 bridgehead atoms. The van der Waals surface area contributed by atoms with Crippen LogP contribution in [0, 0.1) is 0 Å². The zero-order valence-electron chi connectivity index (χ0n) is 11.0. The molecule has 21 heavy (non-hydrogen) atoms. The number of amides is 1. The molecule has 0 aromatic heterocycles. The van der Waals surface area contributed by atoms with E-state index in [-0.39, 0.29) is 11.7 Å². The van der Waals surface area contributed by atoms with E-state index < -0.39 is 0 Å². The van der Waals surface area contributed by atoms with Gasteiger partial charge in [0.25, 0.3) is 5.91 Å². The highest BCUT2D eigenvalue weighted by Gasteiger charge is 1.93. The lowest BCUT2D eigenvalue weighted by molar-refractivity contribution is -0.116. The quantitative estimate of drug-likeness (QED) is 0.517. The van der Waals surface area contributed by atoms with Gasteiger partial charge in [0.15, 0.2) is 0 Å². The van der Waals surface area contributed by atoms with Crippen molar-refractivity contribution in [3.05, 3.63) is 70.8 Å². The van der Waals surface area contributed by atoms with Crippen LogP contribution in [0.2, 0.25) is 5.02 Å². The number of carbonyl (C=O) groups excluding carboxylic acids is 1. The van der Waals surface area contributed by atoms with Gasteiger partial charge in [-0.05, 0) is 53.6 Å². The van der Waals surface area contributed by atoms with Gasteiger partial charge in [-0.3, -0.25) is 4.79 Å². The molecule has 2 aromatic carbocycles. The summed E-state index contributed by atoms with van der Waals surface area (Å²) >= 11 is 5.77. The number of hydrogen-bond donors (Lipinski definition) is 2. The normalized spacial score (nSPS) is 11.1. The maximum atomic E-state index is 11.5. The Morgan fingerprint density at radius 3 is 2.33 bits per heavy atom. The SMILES string of the molecule is O=C(C=Cc1ccc(Cl)cc1)NN=Cc1ccc(O)cc1. The molecule has 1 amide bonds. The molecule has 0 atom stereocenters. The van der Waals surface area contributed by atoms with E-state index >= 15 is 0 Å². The number of rotatable bonds is 4. The maximum absolute atomic E-state index is 11.5. The van der Waals surface area contributed by atoms with E-state index in [2.05, 4.69) is 10.5 Å². The van der Waals surface area contributed by atoms with Gasteiger partial charge in [-0.1, -0.05) is 23.7 Å². The average Bonchev–Trinajstić information content (AvgIpc) is 2.49. The first-order chi connectivity index (χ1) is 10.1. The molecule has 106 valence electrons. The molecule has 0 aliphatic carbocycles. The van der Waals surface area contributed by atoms with Crippen LogP contribution in [0.1, 0.15) is 11.1 Å². The van der Waals surface area contributed by atoms with Gasteiger partial charge in [0.05, 0.1) is 6.21 Å². The maximum Gasteiger partial charge on any atom is 0.264 e. The van der Waals surface area contributed by atoms with Crippen LogP contribution in [0.25, 0.3) is 6.08 Å². The van der Waals surface area contributed by atoms with Crippen molar-refractivity contribution in [3.63, 3.8) is 0 Å². The molecule has 0 saturated carbocycles. The largest absolute Gasteiger partial charge is 0.508 e. The molecule has 4 nitrogen and oxygen atoms in total. The second kappa shape index (κ2) is 7.26. The fraction of sp³-hybridized carbons (Fsp3) is 0. The first-order valence-electron chi connectivity index (χ1n) is 6.19. The Labute approximate surface area is 127 Å². The number of benzene rings is 2. The number of hydrazone groups is 1. The van der Waals surface area contributed by atoms with E-state index in [0.717, 1.165) is 11.1 Å². The summed E-state index contributed by atoms with van der Waals surface area (Å²) in [7, 11) is 0. The van der Waals surface area contributed by atoms with Crippen LogP contribution in [0.4, 0.5) is 0 Å². The van der Waals surface area contributed by atoms with Crippen LogP contribution in [0.3, 0.4) is 0 Å². The molecule has 0 unspecified atom stereocenters. The first kappa shape index (κ1) is 14.8. The van der Waals surface area contributed by atoms with Gasteiger partial charge in [0.2, 0.25) is 0 Å². The van der Waals surface area contributed by atoms with Gasteiger partial charge >= 0.3 is 0 Å². The van der Waals surface area contributed by atoms with Gasteiger partial charge in [0.1, 0.15) is 5.75 Å². The molecular weight excluding hydrogens is 288 g/mol. The standard InChI is InChI=1S/C16H13ClN2O2/c17-14-6-1-12(2-7-14)5-10-16(21)19-18-11-13-3-8-15(20)9-4-13/h1-11,20H,(H,19,21). The Bertz CT molecular complexity index is 662. The lowest BCUT2D eigenvalue weighted by atomic mass is 10.2. The Balaban J connectivity index is 1.87. The summed E-state index contributed by atoms with van der Waals surface area (Å²) < 4.78 is 0. The molecule has 0 fully saturated rings. The zero-order valence-corrected chi connectivity index (χ0v) is 11.8. The highest BCUT2D eigenvalue weighted by atomic mass is 35.5. The second-order valence-corrected chi connectivity index (χ2v) is 4.65. The number of phenols is 1. The van der Waals surface area contributed by atoms with Crippen molar-refractivity contribution in [2.24, 2.45) is 5.10 Å². The number of nitrogens with one attached hydrogen (secondary N) is 1. The molecule has 0 radical (unpaired) electrons. The molecule has 2 rings (SSSR count). The number of nitrogens with zero attached hydrogens (tertiary/aromatic N) is 1. The van der Waals surface area contributed by atoms with Crippen LogP contribution in [-0.4, -0.2) is 17.2 Å². The van der Waals surface area contributed by atoms with Crippen LogP contribution in [0.5, 0.6) is 5.75 Å². The summed E-state index contributed by atoms with van der Waals surface area (Å²) in [6.45, 7) is 0. The van der Waals surface area contributed by atoms with Crippen molar-refractivity contribution in [1.29, 1.82) is 0 Å². The molecule has 2 N–H and O–H groups in total.